The number of halogens is 1. The zero-order valence-electron chi connectivity index (χ0n) is 15.7. The van der Waals surface area contributed by atoms with E-state index in [9.17, 15) is 9.59 Å². The average molecular weight is 397 g/mol. The summed E-state index contributed by atoms with van der Waals surface area (Å²) in [4.78, 5) is 25.8. The summed E-state index contributed by atoms with van der Waals surface area (Å²) in [5, 5.41) is 7.49. The van der Waals surface area contributed by atoms with Crippen LogP contribution in [0.25, 0.3) is 0 Å². The molecule has 0 saturated heterocycles. The fraction of sp³-hybridized carbons (Fsp3) is 0.273. The van der Waals surface area contributed by atoms with Gasteiger partial charge in [-0.1, -0.05) is 42.8 Å². The number of allylic oxidation sites excluding steroid dienone is 1. The Hall–Kier alpha value is -2.79. The van der Waals surface area contributed by atoms with E-state index in [4.69, 9.17) is 16.3 Å². The van der Waals surface area contributed by atoms with Gasteiger partial charge in [-0.3, -0.25) is 9.59 Å². The number of para-hydroxylation sites is 2. The summed E-state index contributed by atoms with van der Waals surface area (Å²) in [6, 6.07) is 14.8. The van der Waals surface area contributed by atoms with Crippen molar-refractivity contribution in [3.8, 4) is 0 Å². The third kappa shape index (κ3) is 3.16. The van der Waals surface area contributed by atoms with Crippen molar-refractivity contribution in [2.45, 2.75) is 19.4 Å². The van der Waals surface area contributed by atoms with Crippen LogP contribution in [0.3, 0.4) is 0 Å². The maximum absolute atomic E-state index is 13.5. The van der Waals surface area contributed by atoms with Crippen molar-refractivity contribution in [1.29, 1.82) is 0 Å². The van der Waals surface area contributed by atoms with Gasteiger partial charge >= 0.3 is 5.97 Å². The second-order valence-electron chi connectivity index (χ2n) is 7.24. The van der Waals surface area contributed by atoms with E-state index in [-0.39, 0.29) is 11.7 Å². The van der Waals surface area contributed by atoms with Gasteiger partial charge in [-0.25, -0.2) is 0 Å². The Morgan fingerprint density at radius 1 is 1.14 bits per heavy atom. The SMILES string of the molecule is COC(=O)[C@@H]1C(=O)C2=C(C[C@H]1C)Nc1ccccc1N[C@@H]2c1cccc(Cl)c1. The van der Waals surface area contributed by atoms with E-state index >= 15 is 0 Å². The summed E-state index contributed by atoms with van der Waals surface area (Å²) in [7, 11) is 1.32. The highest BCUT2D eigenvalue weighted by Crippen LogP contribution is 2.43. The Kier molecular flexibility index (Phi) is 4.85. The van der Waals surface area contributed by atoms with Gasteiger partial charge in [0.15, 0.2) is 5.78 Å². The van der Waals surface area contributed by atoms with Crippen LogP contribution in [0, 0.1) is 11.8 Å². The number of carbonyl (C=O) groups excluding carboxylic acids is 2. The number of methoxy groups -OCH3 is 1. The van der Waals surface area contributed by atoms with E-state index in [1.54, 1.807) is 6.07 Å². The highest BCUT2D eigenvalue weighted by atomic mass is 35.5. The highest BCUT2D eigenvalue weighted by Gasteiger charge is 2.44. The molecule has 0 aromatic heterocycles. The fourth-order valence-electron chi connectivity index (χ4n) is 4.07. The Bertz CT molecular complexity index is 985. The summed E-state index contributed by atoms with van der Waals surface area (Å²) in [5.74, 6) is -1.67. The first-order chi connectivity index (χ1) is 13.5. The smallest absolute Gasteiger partial charge is 0.316 e. The first-order valence-corrected chi connectivity index (χ1v) is 9.60. The van der Waals surface area contributed by atoms with E-state index in [2.05, 4.69) is 10.6 Å². The number of esters is 1. The van der Waals surface area contributed by atoms with E-state index in [1.165, 1.54) is 7.11 Å². The molecule has 2 N–H and O–H groups in total. The van der Waals surface area contributed by atoms with Gasteiger partial charge in [-0.2, -0.15) is 0 Å². The van der Waals surface area contributed by atoms with Crippen LogP contribution >= 0.6 is 11.6 Å². The molecule has 6 heteroatoms. The lowest BCUT2D eigenvalue weighted by molar-refractivity contribution is -0.151. The van der Waals surface area contributed by atoms with Crippen LogP contribution in [0.5, 0.6) is 0 Å². The zero-order chi connectivity index (χ0) is 19.8. The number of ketones is 1. The zero-order valence-corrected chi connectivity index (χ0v) is 16.4. The minimum Gasteiger partial charge on any atom is -0.468 e. The largest absolute Gasteiger partial charge is 0.468 e. The second kappa shape index (κ2) is 7.32. The van der Waals surface area contributed by atoms with Crippen molar-refractivity contribution in [3.05, 3.63) is 70.4 Å². The van der Waals surface area contributed by atoms with Gasteiger partial charge in [0.05, 0.1) is 24.5 Å². The highest BCUT2D eigenvalue weighted by molar-refractivity contribution is 6.30. The van der Waals surface area contributed by atoms with Crippen molar-refractivity contribution in [2.24, 2.45) is 11.8 Å². The van der Waals surface area contributed by atoms with Crippen LogP contribution in [-0.2, 0) is 14.3 Å². The lowest BCUT2D eigenvalue weighted by Crippen LogP contribution is -2.39. The molecule has 0 spiro atoms. The number of anilines is 2. The van der Waals surface area contributed by atoms with Crippen LogP contribution in [0.4, 0.5) is 11.4 Å². The van der Waals surface area contributed by atoms with E-state index in [0.717, 1.165) is 22.6 Å². The molecule has 0 radical (unpaired) electrons. The molecule has 2 aliphatic rings. The number of benzene rings is 2. The molecule has 1 aliphatic carbocycles. The van der Waals surface area contributed by atoms with Crippen molar-refractivity contribution in [1.82, 2.24) is 0 Å². The minimum atomic E-state index is -0.810. The predicted molar refractivity (Wildman–Crippen MR) is 109 cm³/mol. The summed E-state index contributed by atoms with van der Waals surface area (Å²) in [6.07, 6.45) is 0.577. The van der Waals surface area contributed by atoms with Gasteiger partial charge < -0.3 is 15.4 Å². The molecule has 0 saturated carbocycles. The van der Waals surface area contributed by atoms with Gasteiger partial charge in [0, 0.05) is 16.3 Å². The fourth-order valence-corrected chi connectivity index (χ4v) is 4.27. The monoisotopic (exact) mass is 396 g/mol. The molecule has 0 fully saturated rings. The topological polar surface area (TPSA) is 67.4 Å². The van der Waals surface area contributed by atoms with Crippen LogP contribution in [0.15, 0.2) is 59.8 Å². The summed E-state index contributed by atoms with van der Waals surface area (Å²) >= 11 is 6.22. The van der Waals surface area contributed by atoms with Crippen molar-refractivity contribution in [3.63, 3.8) is 0 Å². The molecule has 28 heavy (non-hydrogen) atoms. The summed E-state index contributed by atoms with van der Waals surface area (Å²) < 4.78 is 4.92. The molecule has 1 aliphatic heterocycles. The molecule has 2 aromatic rings. The van der Waals surface area contributed by atoms with Crippen LogP contribution in [0.2, 0.25) is 5.02 Å². The normalized spacial score (nSPS) is 23.7. The number of hydrogen-bond acceptors (Lipinski definition) is 5. The number of carbonyl (C=O) groups is 2. The summed E-state index contributed by atoms with van der Waals surface area (Å²) in [5.41, 5.74) is 4.05. The first-order valence-electron chi connectivity index (χ1n) is 9.22. The molecule has 5 nitrogen and oxygen atoms in total. The molecular formula is C22H21ClN2O3. The third-order valence-electron chi connectivity index (χ3n) is 5.41. The number of hydrogen-bond donors (Lipinski definition) is 2. The number of rotatable bonds is 2. The Balaban J connectivity index is 1.88. The first kappa shape index (κ1) is 18.6. The van der Waals surface area contributed by atoms with Crippen LogP contribution in [0.1, 0.15) is 24.9 Å². The maximum atomic E-state index is 13.5. The third-order valence-corrected chi connectivity index (χ3v) is 5.64. The van der Waals surface area contributed by atoms with Crippen LogP contribution in [-0.4, -0.2) is 18.9 Å². The quantitative estimate of drug-likeness (QED) is 0.575. The van der Waals surface area contributed by atoms with Gasteiger partial charge in [0.1, 0.15) is 5.92 Å². The van der Waals surface area contributed by atoms with Crippen molar-refractivity contribution >= 4 is 34.7 Å². The van der Waals surface area contributed by atoms with E-state index in [0.29, 0.717) is 17.0 Å². The number of Topliss-reactive ketones (excluding diaryl/α,β-unsaturated/α-hetero) is 1. The molecule has 0 bridgehead atoms. The van der Waals surface area contributed by atoms with Crippen molar-refractivity contribution in [2.75, 3.05) is 17.7 Å². The number of ether oxygens (including phenoxy) is 1. The molecule has 144 valence electrons. The van der Waals surface area contributed by atoms with Gasteiger partial charge in [0.25, 0.3) is 0 Å². The maximum Gasteiger partial charge on any atom is 0.316 e. The lowest BCUT2D eigenvalue weighted by atomic mass is 9.75. The van der Waals surface area contributed by atoms with Gasteiger partial charge in [0.2, 0.25) is 0 Å². The Morgan fingerprint density at radius 2 is 1.89 bits per heavy atom. The average Bonchev–Trinajstić information content (AvgIpc) is 2.84. The molecule has 3 atom stereocenters. The second-order valence-corrected chi connectivity index (χ2v) is 7.68. The minimum absolute atomic E-state index is 0.156. The van der Waals surface area contributed by atoms with Crippen LogP contribution < -0.4 is 10.6 Å². The molecule has 0 unspecified atom stereocenters. The standard InChI is InChI=1S/C22H21ClN2O3/c1-12-10-17-19(21(26)18(12)22(27)28-2)20(13-6-5-7-14(23)11-13)25-16-9-4-3-8-15(16)24-17/h3-9,11-12,18,20,24-25H,10H2,1-2H3/t12-,18+,20-/m1/s1. The number of nitrogens with one attached hydrogen (secondary N) is 2. The predicted octanol–water partition coefficient (Wildman–Crippen LogP) is 4.57. The van der Waals surface area contributed by atoms with Gasteiger partial charge in [-0.05, 0) is 42.2 Å². The lowest BCUT2D eigenvalue weighted by Gasteiger charge is -2.32. The molecule has 2 aromatic carbocycles. The molecular weight excluding hydrogens is 376 g/mol. The number of fused-ring (bicyclic) bond motifs is 1. The van der Waals surface area contributed by atoms with Gasteiger partial charge in [-0.15, -0.1) is 0 Å². The molecule has 1 heterocycles. The Labute approximate surface area is 168 Å². The van der Waals surface area contributed by atoms with E-state index in [1.807, 2.05) is 49.4 Å². The molecule has 4 rings (SSSR count). The summed E-state index contributed by atoms with van der Waals surface area (Å²) in [6.45, 7) is 1.91. The van der Waals surface area contributed by atoms with E-state index < -0.39 is 17.9 Å². The Morgan fingerprint density at radius 3 is 2.61 bits per heavy atom. The van der Waals surface area contributed by atoms with Crippen molar-refractivity contribution < 1.29 is 14.3 Å². The molecule has 0 amide bonds.